The first-order valence-electron chi connectivity index (χ1n) is 3.79. The van der Waals surface area contributed by atoms with E-state index in [9.17, 15) is 13.2 Å². The molecule has 1 aromatic carbocycles. The number of benzene rings is 1. The summed E-state index contributed by atoms with van der Waals surface area (Å²) in [7, 11) is 0. The van der Waals surface area contributed by atoms with Crippen LogP contribution >= 0.6 is 0 Å². The van der Waals surface area contributed by atoms with Crippen molar-refractivity contribution >= 4 is 0 Å². The zero-order valence-electron chi connectivity index (χ0n) is 7.10. The molecule has 1 aromatic rings. The maximum Gasteiger partial charge on any atom is 0.285 e. The Balaban J connectivity index is 3.21. The summed E-state index contributed by atoms with van der Waals surface area (Å²) in [6.07, 6.45) is 0. The Morgan fingerprint density at radius 2 is 2.07 bits per heavy atom. The Kier molecular flexibility index (Phi) is 2.77. The van der Waals surface area contributed by atoms with Gasteiger partial charge in [0.2, 0.25) is 0 Å². The zero-order valence-corrected chi connectivity index (χ0v) is 7.10. The monoisotopic (exact) mass is 200 g/mol. The standard InChI is InChI=1S/C9H7F3N2/c10-8-2-1-7(3-6(8)4-13)9(11,12)5-14/h1-3H,5,14H2. The van der Waals surface area contributed by atoms with Gasteiger partial charge < -0.3 is 5.73 Å². The van der Waals surface area contributed by atoms with Crippen LogP contribution in [0.3, 0.4) is 0 Å². The predicted molar refractivity (Wildman–Crippen MR) is 44.1 cm³/mol. The Labute approximate surface area is 78.8 Å². The van der Waals surface area contributed by atoms with Crippen molar-refractivity contribution in [3.05, 3.63) is 35.1 Å². The van der Waals surface area contributed by atoms with Crippen molar-refractivity contribution in [1.29, 1.82) is 5.26 Å². The number of alkyl halides is 2. The molecule has 0 aliphatic heterocycles. The molecule has 0 aromatic heterocycles. The second-order valence-corrected chi connectivity index (χ2v) is 2.72. The molecule has 0 unspecified atom stereocenters. The lowest BCUT2D eigenvalue weighted by atomic mass is 10.1. The summed E-state index contributed by atoms with van der Waals surface area (Å²) < 4.78 is 38.7. The molecule has 0 fully saturated rings. The van der Waals surface area contributed by atoms with Gasteiger partial charge in [0.05, 0.1) is 12.1 Å². The Morgan fingerprint density at radius 3 is 2.57 bits per heavy atom. The minimum Gasteiger partial charge on any atom is -0.325 e. The van der Waals surface area contributed by atoms with E-state index in [-0.39, 0.29) is 0 Å². The number of hydrogen-bond acceptors (Lipinski definition) is 2. The molecule has 0 saturated heterocycles. The van der Waals surface area contributed by atoms with Crippen LogP contribution in [0.25, 0.3) is 0 Å². The molecule has 1 rings (SSSR count). The molecule has 0 amide bonds. The largest absolute Gasteiger partial charge is 0.325 e. The van der Waals surface area contributed by atoms with E-state index in [1.165, 1.54) is 6.07 Å². The van der Waals surface area contributed by atoms with Gasteiger partial charge in [-0.25, -0.2) is 4.39 Å². The van der Waals surface area contributed by atoms with E-state index in [0.29, 0.717) is 0 Å². The number of nitriles is 1. The lowest BCUT2D eigenvalue weighted by molar-refractivity contribution is 0.00587. The third kappa shape index (κ3) is 1.86. The maximum absolute atomic E-state index is 13.0. The number of nitrogens with two attached hydrogens (primary N) is 1. The average Bonchev–Trinajstić information content (AvgIpc) is 2.18. The second kappa shape index (κ2) is 3.68. The summed E-state index contributed by atoms with van der Waals surface area (Å²) in [5.41, 5.74) is 3.99. The fraction of sp³-hybridized carbons (Fsp3) is 0.222. The van der Waals surface area contributed by atoms with Crippen molar-refractivity contribution in [2.45, 2.75) is 5.92 Å². The molecule has 0 radical (unpaired) electrons. The van der Waals surface area contributed by atoms with E-state index < -0.39 is 29.4 Å². The molecular weight excluding hydrogens is 193 g/mol. The molecule has 14 heavy (non-hydrogen) atoms. The molecule has 0 spiro atoms. The maximum atomic E-state index is 13.0. The number of nitrogens with zero attached hydrogens (tertiary/aromatic N) is 1. The van der Waals surface area contributed by atoms with Gasteiger partial charge in [-0.15, -0.1) is 0 Å². The molecule has 5 heteroatoms. The lowest BCUT2D eigenvalue weighted by Crippen LogP contribution is -2.25. The van der Waals surface area contributed by atoms with E-state index in [1.54, 1.807) is 0 Å². The van der Waals surface area contributed by atoms with Gasteiger partial charge in [-0.2, -0.15) is 14.0 Å². The lowest BCUT2D eigenvalue weighted by Gasteiger charge is -2.14. The molecule has 0 aliphatic carbocycles. The smallest absolute Gasteiger partial charge is 0.285 e. The van der Waals surface area contributed by atoms with Gasteiger partial charge in [0, 0.05) is 5.56 Å². The molecule has 2 nitrogen and oxygen atoms in total. The van der Waals surface area contributed by atoms with Crippen LogP contribution in [0.5, 0.6) is 0 Å². The van der Waals surface area contributed by atoms with E-state index in [4.69, 9.17) is 11.0 Å². The quantitative estimate of drug-likeness (QED) is 0.790. The van der Waals surface area contributed by atoms with Gasteiger partial charge in [-0.1, -0.05) is 6.07 Å². The van der Waals surface area contributed by atoms with Crippen molar-refractivity contribution in [1.82, 2.24) is 0 Å². The van der Waals surface area contributed by atoms with E-state index in [0.717, 1.165) is 18.2 Å². The highest BCUT2D eigenvalue weighted by Crippen LogP contribution is 2.27. The molecular formula is C9H7F3N2. The van der Waals surface area contributed by atoms with Crippen LogP contribution in [0.2, 0.25) is 0 Å². The number of hydrogen-bond donors (Lipinski definition) is 1. The SMILES string of the molecule is N#Cc1cc(C(F)(F)CN)ccc1F. The van der Waals surface area contributed by atoms with Crippen LogP contribution in [0.1, 0.15) is 11.1 Å². The van der Waals surface area contributed by atoms with Crippen molar-refractivity contribution < 1.29 is 13.2 Å². The van der Waals surface area contributed by atoms with Gasteiger partial charge in [0.15, 0.2) is 0 Å². The highest BCUT2D eigenvalue weighted by molar-refractivity contribution is 5.36. The summed E-state index contributed by atoms with van der Waals surface area (Å²) in [4.78, 5) is 0. The van der Waals surface area contributed by atoms with Crippen molar-refractivity contribution in [3.63, 3.8) is 0 Å². The van der Waals surface area contributed by atoms with Crippen LogP contribution in [0.4, 0.5) is 13.2 Å². The number of rotatable bonds is 2. The predicted octanol–water partition coefficient (Wildman–Crippen LogP) is 1.75. The molecule has 2 N–H and O–H groups in total. The van der Waals surface area contributed by atoms with Crippen LogP contribution in [0.15, 0.2) is 18.2 Å². The summed E-state index contributed by atoms with van der Waals surface area (Å²) in [5, 5.41) is 8.42. The molecule has 0 aliphatic rings. The Hall–Kier alpha value is -1.54. The normalized spacial score (nSPS) is 11.1. The third-order valence-electron chi connectivity index (χ3n) is 1.77. The van der Waals surface area contributed by atoms with Gasteiger partial charge in [0.1, 0.15) is 11.9 Å². The van der Waals surface area contributed by atoms with Gasteiger partial charge in [0.25, 0.3) is 5.92 Å². The van der Waals surface area contributed by atoms with Gasteiger partial charge >= 0.3 is 0 Å². The highest BCUT2D eigenvalue weighted by Gasteiger charge is 2.30. The first-order chi connectivity index (χ1) is 6.51. The third-order valence-corrected chi connectivity index (χ3v) is 1.77. The summed E-state index contributed by atoms with van der Waals surface area (Å²) in [6, 6.07) is 4.04. The van der Waals surface area contributed by atoms with Crippen LogP contribution < -0.4 is 5.73 Å². The van der Waals surface area contributed by atoms with E-state index >= 15 is 0 Å². The first-order valence-corrected chi connectivity index (χ1v) is 3.79. The summed E-state index contributed by atoms with van der Waals surface area (Å²) >= 11 is 0. The van der Waals surface area contributed by atoms with Crippen molar-refractivity contribution in [2.24, 2.45) is 5.73 Å². The fourth-order valence-electron chi connectivity index (χ4n) is 0.956. The first kappa shape index (κ1) is 10.5. The number of halogens is 3. The minimum atomic E-state index is -3.22. The highest BCUT2D eigenvalue weighted by atomic mass is 19.3. The topological polar surface area (TPSA) is 49.8 Å². The molecule has 0 saturated carbocycles. The van der Waals surface area contributed by atoms with Crippen LogP contribution in [0, 0.1) is 17.1 Å². The Bertz CT molecular complexity index is 382. The van der Waals surface area contributed by atoms with Crippen LogP contribution in [-0.4, -0.2) is 6.54 Å². The van der Waals surface area contributed by atoms with Crippen molar-refractivity contribution in [2.75, 3.05) is 6.54 Å². The summed E-state index contributed by atoms with van der Waals surface area (Å²) in [5.74, 6) is -4.04. The molecule has 0 atom stereocenters. The molecule has 0 heterocycles. The van der Waals surface area contributed by atoms with Crippen LogP contribution in [-0.2, 0) is 5.92 Å². The molecule has 0 bridgehead atoms. The average molecular weight is 200 g/mol. The van der Waals surface area contributed by atoms with Gasteiger partial charge in [-0.05, 0) is 12.1 Å². The van der Waals surface area contributed by atoms with Gasteiger partial charge in [-0.3, -0.25) is 0 Å². The Morgan fingerprint density at radius 1 is 1.43 bits per heavy atom. The minimum absolute atomic E-state index is 0.407. The zero-order chi connectivity index (χ0) is 10.8. The fourth-order valence-corrected chi connectivity index (χ4v) is 0.956. The van der Waals surface area contributed by atoms with Crippen molar-refractivity contribution in [3.8, 4) is 6.07 Å². The molecule has 74 valence electrons. The summed E-state index contributed by atoms with van der Waals surface area (Å²) in [6.45, 7) is -0.872. The van der Waals surface area contributed by atoms with E-state index in [2.05, 4.69) is 0 Å². The second-order valence-electron chi connectivity index (χ2n) is 2.72. The van der Waals surface area contributed by atoms with E-state index in [1.807, 2.05) is 0 Å².